The van der Waals surface area contributed by atoms with Gasteiger partial charge in [0.05, 0.1) is 0 Å². The predicted molar refractivity (Wildman–Crippen MR) is 51.5 cm³/mol. The normalized spacial score (nSPS) is 30.7. The summed E-state index contributed by atoms with van der Waals surface area (Å²) in [6, 6.07) is 0.638. The maximum Gasteiger partial charge on any atom is 0.0482 e. The summed E-state index contributed by atoms with van der Waals surface area (Å²) in [5.41, 5.74) is 2.58. The average molecular weight is 164 g/mol. The largest absolute Gasteiger partial charge is 0.298 e. The number of hydrogen-bond acceptors (Lipinski definition) is 2. The van der Waals surface area contributed by atoms with Gasteiger partial charge in [0.2, 0.25) is 0 Å². The standard InChI is InChI=1S/C10H16N2/c1-8-5-6-9(11-8)10-4-3-7-12(10)2/h5,10H,3-4,6-7H2,1-2H3. The zero-order valence-corrected chi connectivity index (χ0v) is 7.88. The molecule has 0 N–H and O–H groups in total. The molecular formula is C10H16N2. The molecule has 0 saturated carbocycles. The lowest BCUT2D eigenvalue weighted by Crippen LogP contribution is -2.31. The van der Waals surface area contributed by atoms with Crippen LogP contribution in [-0.4, -0.2) is 30.2 Å². The zero-order valence-electron chi connectivity index (χ0n) is 7.88. The lowest BCUT2D eigenvalue weighted by molar-refractivity contribution is 0.371. The number of likely N-dealkylation sites (tertiary alicyclic amines) is 1. The molecule has 1 saturated heterocycles. The van der Waals surface area contributed by atoms with Crippen molar-refractivity contribution in [3.8, 4) is 0 Å². The van der Waals surface area contributed by atoms with Crippen LogP contribution in [0.1, 0.15) is 26.2 Å². The fourth-order valence-corrected chi connectivity index (χ4v) is 2.11. The van der Waals surface area contributed by atoms with E-state index in [0.717, 1.165) is 6.42 Å². The Balaban J connectivity index is 2.07. The van der Waals surface area contributed by atoms with Crippen LogP contribution in [0.2, 0.25) is 0 Å². The molecule has 2 aliphatic heterocycles. The van der Waals surface area contributed by atoms with E-state index in [1.807, 2.05) is 0 Å². The van der Waals surface area contributed by atoms with Crippen LogP contribution < -0.4 is 0 Å². The second-order valence-electron chi connectivity index (χ2n) is 3.79. The van der Waals surface area contributed by atoms with Crippen LogP contribution >= 0.6 is 0 Å². The highest BCUT2D eigenvalue weighted by Crippen LogP contribution is 2.22. The monoisotopic (exact) mass is 164 g/mol. The van der Waals surface area contributed by atoms with E-state index in [9.17, 15) is 0 Å². The van der Waals surface area contributed by atoms with Crippen LogP contribution in [0.25, 0.3) is 0 Å². The van der Waals surface area contributed by atoms with Crippen LogP contribution in [0, 0.1) is 0 Å². The van der Waals surface area contributed by atoms with Gasteiger partial charge < -0.3 is 0 Å². The van der Waals surface area contributed by atoms with Crippen molar-refractivity contribution in [1.82, 2.24) is 4.90 Å². The van der Waals surface area contributed by atoms with Gasteiger partial charge in [0.1, 0.15) is 0 Å². The van der Waals surface area contributed by atoms with Gasteiger partial charge in [0, 0.05) is 23.9 Å². The smallest absolute Gasteiger partial charge is 0.0482 e. The highest BCUT2D eigenvalue weighted by Gasteiger charge is 2.26. The fraction of sp³-hybridized carbons (Fsp3) is 0.700. The summed E-state index contributed by atoms with van der Waals surface area (Å²) in [4.78, 5) is 6.98. The second kappa shape index (κ2) is 3.02. The molecule has 1 atom stereocenters. The van der Waals surface area contributed by atoms with Gasteiger partial charge in [-0.3, -0.25) is 9.89 Å². The molecule has 2 nitrogen and oxygen atoms in total. The molecule has 1 unspecified atom stereocenters. The van der Waals surface area contributed by atoms with Gasteiger partial charge in [-0.05, 0) is 33.4 Å². The van der Waals surface area contributed by atoms with Crippen molar-refractivity contribution in [3.63, 3.8) is 0 Å². The number of nitrogens with zero attached hydrogens (tertiary/aromatic N) is 2. The molecule has 0 aliphatic carbocycles. The van der Waals surface area contributed by atoms with E-state index in [4.69, 9.17) is 0 Å². The van der Waals surface area contributed by atoms with Crippen LogP contribution in [-0.2, 0) is 0 Å². The highest BCUT2D eigenvalue weighted by molar-refractivity contribution is 5.93. The maximum absolute atomic E-state index is 4.56. The highest BCUT2D eigenvalue weighted by atomic mass is 15.2. The minimum absolute atomic E-state index is 0.638. The molecule has 2 heterocycles. The van der Waals surface area contributed by atoms with Crippen LogP contribution in [0.15, 0.2) is 16.8 Å². The third-order valence-electron chi connectivity index (χ3n) is 2.83. The topological polar surface area (TPSA) is 15.6 Å². The molecule has 2 rings (SSSR count). The fourth-order valence-electron chi connectivity index (χ4n) is 2.11. The summed E-state index contributed by atoms with van der Waals surface area (Å²) in [6.45, 7) is 3.32. The Labute approximate surface area is 74.0 Å². The van der Waals surface area contributed by atoms with Crippen LogP contribution in [0.5, 0.6) is 0 Å². The molecule has 1 fully saturated rings. The van der Waals surface area contributed by atoms with Crippen molar-refractivity contribution in [2.24, 2.45) is 4.99 Å². The van der Waals surface area contributed by atoms with Crippen molar-refractivity contribution in [2.45, 2.75) is 32.2 Å². The quantitative estimate of drug-likeness (QED) is 0.577. The van der Waals surface area contributed by atoms with Gasteiger partial charge in [0.25, 0.3) is 0 Å². The van der Waals surface area contributed by atoms with Crippen LogP contribution in [0.4, 0.5) is 0 Å². The number of rotatable bonds is 1. The van der Waals surface area contributed by atoms with Crippen molar-refractivity contribution < 1.29 is 0 Å². The number of aliphatic imine (C=N–C) groups is 1. The zero-order chi connectivity index (χ0) is 8.55. The SMILES string of the molecule is CC1=CCC(C2CCCN2C)=N1. The van der Waals surface area contributed by atoms with Crippen molar-refractivity contribution in [3.05, 3.63) is 11.8 Å². The summed E-state index contributed by atoms with van der Waals surface area (Å²) in [5, 5.41) is 0. The Hall–Kier alpha value is -0.630. The van der Waals surface area contributed by atoms with E-state index in [2.05, 4.69) is 29.9 Å². The molecule has 66 valence electrons. The molecular weight excluding hydrogens is 148 g/mol. The van der Waals surface area contributed by atoms with E-state index in [1.165, 1.54) is 30.8 Å². The summed E-state index contributed by atoms with van der Waals surface area (Å²) in [7, 11) is 2.20. The first-order chi connectivity index (χ1) is 5.77. The minimum Gasteiger partial charge on any atom is -0.298 e. The summed E-state index contributed by atoms with van der Waals surface area (Å²) < 4.78 is 0. The number of allylic oxidation sites excluding steroid dienone is 2. The van der Waals surface area contributed by atoms with Gasteiger partial charge in [0.15, 0.2) is 0 Å². The predicted octanol–water partition coefficient (Wildman–Crippen LogP) is 1.83. The molecule has 0 bridgehead atoms. The Kier molecular flexibility index (Phi) is 2.01. The molecule has 0 aromatic carbocycles. The average Bonchev–Trinajstić information content (AvgIpc) is 2.58. The van der Waals surface area contributed by atoms with Crippen molar-refractivity contribution >= 4 is 5.71 Å². The van der Waals surface area contributed by atoms with E-state index in [1.54, 1.807) is 0 Å². The first-order valence-electron chi connectivity index (χ1n) is 4.72. The Morgan fingerprint density at radius 3 is 2.92 bits per heavy atom. The first kappa shape index (κ1) is 7.99. The maximum atomic E-state index is 4.56. The summed E-state index contributed by atoms with van der Waals surface area (Å²) >= 11 is 0. The van der Waals surface area contributed by atoms with Gasteiger partial charge in [-0.2, -0.15) is 0 Å². The molecule has 0 radical (unpaired) electrons. The van der Waals surface area contributed by atoms with Gasteiger partial charge in [-0.15, -0.1) is 0 Å². The summed E-state index contributed by atoms with van der Waals surface area (Å²) in [5.74, 6) is 0. The van der Waals surface area contributed by atoms with Gasteiger partial charge in [-0.1, -0.05) is 6.08 Å². The molecule has 2 heteroatoms. The molecule has 12 heavy (non-hydrogen) atoms. The van der Waals surface area contributed by atoms with E-state index >= 15 is 0 Å². The van der Waals surface area contributed by atoms with E-state index in [0.29, 0.717) is 6.04 Å². The van der Waals surface area contributed by atoms with Crippen LogP contribution in [0.3, 0.4) is 0 Å². The lowest BCUT2D eigenvalue weighted by Gasteiger charge is -2.18. The molecule has 2 aliphatic rings. The third kappa shape index (κ3) is 1.31. The second-order valence-corrected chi connectivity index (χ2v) is 3.79. The Bertz CT molecular complexity index is 240. The molecule has 0 aromatic rings. The first-order valence-corrected chi connectivity index (χ1v) is 4.72. The Morgan fingerprint density at radius 2 is 2.42 bits per heavy atom. The van der Waals surface area contributed by atoms with Gasteiger partial charge >= 0.3 is 0 Å². The summed E-state index contributed by atoms with van der Waals surface area (Å²) in [6.07, 6.45) is 5.94. The van der Waals surface area contributed by atoms with Gasteiger partial charge in [-0.25, -0.2) is 0 Å². The Morgan fingerprint density at radius 1 is 1.58 bits per heavy atom. The minimum atomic E-state index is 0.638. The van der Waals surface area contributed by atoms with E-state index < -0.39 is 0 Å². The van der Waals surface area contributed by atoms with E-state index in [-0.39, 0.29) is 0 Å². The van der Waals surface area contributed by atoms with Crippen molar-refractivity contribution in [1.29, 1.82) is 0 Å². The molecule has 0 aromatic heterocycles. The van der Waals surface area contributed by atoms with Crippen molar-refractivity contribution in [2.75, 3.05) is 13.6 Å². The molecule has 0 spiro atoms. The third-order valence-corrected chi connectivity index (χ3v) is 2.83. The number of hydrogen-bond donors (Lipinski definition) is 0. The molecule has 0 amide bonds. The lowest BCUT2D eigenvalue weighted by atomic mass is 10.1.